The van der Waals surface area contributed by atoms with Crippen LogP contribution in [0.5, 0.6) is 5.88 Å². The number of amides is 1. The summed E-state index contributed by atoms with van der Waals surface area (Å²) in [7, 11) is 0. The fourth-order valence-corrected chi connectivity index (χ4v) is 3.84. The highest BCUT2D eigenvalue weighted by Crippen LogP contribution is 2.26. The number of rotatable bonds is 12. The van der Waals surface area contributed by atoms with Gasteiger partial charge in [-0.2, -0.15) is 4.37 Å². The number of H-pyrrole nitrogens is 1. The highest BCUT2D eigenvalue weighted by Gasteiger charge is 2.29. The minimum atomic E-state index is -0.953. The number of morpholine rings is 1. The van der Waals surface area contributed by atoms with Crippen molar-refractivity contribution in [2.24, 2.45) is 5.73 Å². The second kappa shape index (κ2) is 12.9. The highest BCUT2D eigenvalue weighted by atomic mass is 32.1. The summed E-state index contributed by atoms with van der Waals surface area (Å²) in [5.74, 6) is -0.0232. The van der Waals surface area contributed by atoms with Crippen LogP contribution in [0, 0.1) is 0 Å². The smallest absolute Gasteiger partial charge is 0.329 e. The van der Waals surface area contributed by atoms with E-state index in [0.29, 0.717) is 50.2 Å². The third-order valence-corrected chi connectivity index (χ3v) is 5.80. The number of carbonyl (C=O) groups excluding carboxylic acids is 2. The van der Waals surface area contributed by atoms with Gasteiger partial charge in [-0.15, -0.1) is 4.37 Å². The Morgan fingerprint density at radius 3 is 2.69 bits per heavy atom. The summed E-state index contributed by atoms with van der Waals surface area (Å²) in [4.78, 5) is 34.4. The van der Waals surface area contributed by atoms with Crippen molar-refractivity contribution in [3.8, 4) is 5.88 Å². The number of anilines is 1. The molecule has 14 heteroatoms. The first kappa shape index (κ1) is 27.8. The minimum absolute atomic E-state index is 0.0512. The fraction of sp³-hybridized carbons (Fsp3) is 0.682. The molecular weight excluding hydrogens is 488 g/mol. The first-order valence-corrected chi connectivity index (χ1v) is 12.6. The topological polar surface area (TPSA) is 170 Å². The van der Waals surface area contributed by atoms with Gasteiger partial charge in [-0.25, -0.2) is 9.78 Å². The zero-order valence-electron chi connectivity index (χ0n) is 21.2. The van der Waals surface area contributed by atoms with E-state index in [2.05, 4.69) is 34.2 Å². The Hall–Kier alpha value is -2.81. The summed E-state index contributed by atoms with van der Waals surface area (Å²) in [6.45, 7) is 10.6. The van der Waals surface area contributed by atoms with Gasteiger partial charge in [0.05, 0.1) is 37.3 Å². The molecule has 0 aliphatic carbocycles. The molecule has 200 valence electrons. The normalized spacial score (nSPS) is 16.8. The zero-order valence-corrected chi connectivity index (χ0v) is 22.0. The molecule has 1 aliphatic rings. The Kier molecular flexibility index (Phi) is 9.98. The average Bonchev–Trinajstić information content (AvgIpc) is 3.52. The molecule has 13 nitrogen and oxygen atoms in total. The molecular formula is C22H36N8O5S. The minimum Gasteiger partial charge on any atom is -0.470 e. The summed E-state index contributed by atoms with van der Waals surface area (Å²) in [6, 6.07) is -1.73. The van der Waals surface area contributed by atoms with Crippen LogP contribution in [0.15, 0.2) is 12.5 Å². The average molecular weight is 525 g/mol. The second-order valence-electron chi connectivity index (χ2n) is 9.62. The van der Waals surface area contributed by atoms with Gasteiger partial charge >= 0.3 is 5.97 Å². The van der Waals surface area contributed by atoms with Crippen LogP contribution in [0.1, 0.15) is 33.4 Å². The van der Waals surface area contributed by atoms with Crippen LogP contribution in [-0.2, 0) is 25.5 Å². The molecule has 1 aliphatic heterocycles. The monoisotopic (exact) mass is 524 g/mol. The lowest BCUT2D eigenvalue weighted by atomic mass is 10.1. The molecule has 0 radical (unpaired) electrons. The van der Waals surface area contributed by atoms with E-state index in [1.165, 1.54) is 6.33 Å². The van der Waals surface area contributed by atoms with Crippen LogP contribution in [0.3, 0.4) is 0 Å². The number of nitrogens with zero attached hydrogens (tertiary/aromatic N) is 4. The lowest BCUT2D eigenvalue weighted by Crippen LogP contribution is -2.51. The summed E-state index contributed by atoms with van der Waals surface area (Å²) < 4.78 is 25.9. The van der Waals surface area contributed by atoms with Crippen molar-refractivity contribution < 1.29 is 23.8 Å². The molecule has 0 bridgehead atoms. The van der Waals surface area contributed by atoms with Crippen LogP contribution in [0.25, 0.3) is 0 Å². The number of nitrogens with two attached hydrogens (primary N) is 1. The van der Waals surface area contributed by atoms with E-state index < -0.39 is 30.1 Å². The Labute approximate surface area is 214 Å². The highest BCUT2D eigenvalue weighted by molar-refractivity contribution is 6.99. The summed E-state index contributed by atoms with van der Waals surface area (Å²) in [5.41, 5.74) is 6.15. The van der Waals surface area contributed by atoms with Gasteiger partial charge in [-0.05, 0) is 27.7 Å². The molecule has 1 saturated heterocycles. The molecule has 0 aromatic carbocycles. The molecule has 3 atom stereocenters. The lowest BCUT2D eigenvalue weighted by molar-refractivity contribution is -0.154. The van der Waals surface area contributed by atoms with E-state index in [1.807, 2.05) is 20.8 Å². The lowest BCUT2D eigenvalue weighted by Gasteiger charge is -2.28. The fourth-order valence-electron chi connectivity index (χ4n) is 3.32. The van der Waals surface area contributed by atoms with Crippen molar-refractivity contribution in [1.29, 1.82) is 0 Å². The predicted octanol–water partition coefficient (Wildman–Crippen LogP) is -0.149. The third-order valence-electron chi connectivity index (χ3n) is 5.30. The maximum Gasteiger partial charge on any atom is 0.329 e. The van der Waals surface area contributed by atoms with Crippen LogP contribution in [0.4, 0.5) is 5.82 Å². The van der Waals surface area contributed by atoms with Gasteiger partial charge in [0.1, 0.15) is 18.8 Å². The van der Waals surface area contributed by atoms with Gasteiger partial charge in [-0.3, -0.25) is 4.79 Å². The van der Waals surface area contributed by atoms with E-state index >= 15 is 0 Å². The van der Waals surface area contributed by atoms with E-state index in [1.54, 1.807) is 13.1 Å². The van der Waals surface area contributed by atoms with Gasteiger partial charge in [0.2, 0.25) is 11.7 Å². The number of ether oxygens (including phenoxy) is 3. The van der Waals surface area contributed by atoms with Crippen molar-refractivity contribution in [3.63, 3.8) is 0 Å². The third kappa shape index (κ3) is 8.69. The maximum absolute atomic E-state index is 13.2. The summed E-state index contributed by atoms with van der Waals surface area (Å²) >= 11 is 1.06. The zero-order chi connectivity index (χ0) is 26.1. The second-order valence-corrected chi connectivity index (χ2v) is 10.2. The van der Waals surface area contributed by atoms with Crippen LogP contribution in [0.2, 0.25) is 0 Å². The van der Waals surface area contributed by atoms with Gasteiger partial charge < -0.3 is 40.5 Å². The Bertz CT molecular complexity index is 956. The molecule has 1 amide bonds. The van der Waals surface area contributed by atoms with Crippen molar-refractivity contribution in [2.75, 3.05) is 44.4 Å². The molecule has 2 aromatic rings. The molecule has 3 heterocycles. The van der Waals surface area contributed by atoms with Crippen molar-refractivity contribution in [2.45, 2.75) is 57.8 Å². The molecule has 36 heavy (non-hydrogen) atoms. The number of hydrogen-bond acceptors (Lipinski definition) is 12. The number of esters is 1. The number of carbonyl (C=O) groups is 2. The predicted molar refractivity (Wildman–Crippen MR) is 134 cm³/mol. The number of aromatic nitrogens is 4. The van der Waals surface area contributed by atoms with Crippen LogP contribution < -0.4 is 26.0 Å². The van der Waals surface area contributed by atoms with E-state index in [9.17, 15) is 9.59 Å². The molecule has 3 rings (SSSR count). The molecule has 0 spiro atoms. The SMILES string of the molecule is CC(N)C(=O)NC(Cc1cnc[nH]1)C(=O)OC(CNC(C)(C)C)COc1nsnc1N1CCOCC1. The van der Waals surface area contributed by atoms with Gasteiger partial charge in [0.25, 0.3) is 5.88 Å². The van der Waals surface area contributed by atoms with Gasteiger partial charge in [0.15, 0.2) is 0 Å². The molecule has 2 aromatic heterocycles. The number of hydrogen-bond donors (Lipinski definition) is 4. The van der Waals surface area contributed by atoms with Gasteiger partial charge in [0, 0.05) is 43.5 Å². The summed E-state index contributed by atoms with van der Waals surface area (Å²) in [5, 5.41) is 6.01. The quantitative estimate of drug-likeness (QED) is 0.272. The van der Waals surface area contributed by atoms with E-state index in [4.69, 9.17) is 19.9 Å². The van der Waals surface area contributed by atoms with E-state index in [0.717, 1.165) is 11.7 Å². The van der Waals surface area contributed by atoms with Crippen molar-refractivity contribution in [1.82, 2.24) is 29.3 Å². The standard InChI is InChI=1S/C22H36N8O5S/c1-14(23)19(31)27-17(9-15-10-24-13-25-15)21(32)35-16(11-26-22(2,3)4)12-34-20-18(28-36-29-20)30-5-7-33-8-6-30/h10,13-14,16-17,26H,5-9,11-12,23H2,1-4H3,(H,24,25)(H,27,31). The molecule has 1 fully saturated rings. The molecule has 3 unspecified atom stereocenters. The number of imidazole rings is 1. The number of nitrogens with one attached hydrogen (secondary N) is 3. The summed E-state index contributed by atoms with van der Waals surface area (Å²) in [6.07, 6.45) is 2.60. The largest absolute Gasteiger partial charge is 0.470 e. The first-order valence-electron chi connectivity index (χ1n) is 11.9. The van der Waals surface area contributed by atoms with Gasteiger partial charge in [-0.1, -0.05) is 0 Å². The number of aromatic amines is 1. The first-order chi connectivity index (χ1) is 17.1. The Morgan fingerprint density at radius 2 is 2.06 bits per heavy atom. The van der Waals surface area contributed by atoms with Crippen LogP contribution in [-0.4, -0.2) is 93.8 Å². The Morgan fingerprint density at radius 1 is 1.31 bits per heavy atom. The van der Waals surface area contributed by atoms with Crippen molar-refractivity contribution in [3.05, 3.63) is 18.2 Å². The van der Waals surface area contributed by atoms with E-state index in [-0.39, 0.29) is 18.6 Å². The van der Waals surface area contributed by atoms with Crippen LogP contribution >= 0.6 is 11.7 Å². The molecule has 5 N–H and O–H groups in total. The molecule has 0 saturated carbocycles. The Balaban J connectivity index is 1.69. The maximum atomic E-state index is 13.2. The van der Waals surface area contributed by atoms with Crippen molar-refractivity contribution >= 4 is 29.4 Å².